The number of ether oxygens (including phenoxy) is 1. The normalized spacial score (nSPS) is 11.0. The van der Waals surface area contributed by atoms with E-state index >= 15 is 0 Å². The van der Waals surface area contributed by atoms with Crippen LogP contribution in [0.4, 0.5) is 5.69 Å². The average molecular weight is 342 g/mol. The Hall–Kier alpha value is -2.25. The molecule has 8 heteroatoms. The molecule has 22 heavy (non-hydrogen) atoms. The number of halogens is 1. The maximum Gasteiger partial charge on any atom is 0.341 e. The smallest absolute Gasteiger partial charge is 0.341 e. The summed E-state index contributed by atoms with van der Waals surface area (Å²) in [7, 11) is -2.68. The molecule has 0 amide bonds. The summed E-state index contributed by atoms with van der Waals surface area (Å²) >= 11 is 5.72. The molecule has 0 radical (unpaired) electrons. The van der Waals surface area contributed by atoms with E-state index in [0.717, 1.165) is 7.11 Å². The number of benzene rings is 2. The molecule has 2 aromatic rings. The van der Waals surface area contributed by atoms with Gasteiger partial charge < -0.3 is 9.84 Å². The Labute approximate surface area is 132 Å². The van der Waals surface area contributed by atoms with E-state index in [1.807, 2.05) is 0 Å². The topological polar surface area (TPSA) is 92.7 Å². The van der Waals surface area contributed by atoms with Crippen molar-refractivity contribution in [3.63, 3.8) is 0 Å². The molecule has 2 N–H and O–H groups in total. The van der Waals surface area contributed by atoms with Crippen LogP contribution < -0.4 is 4.72 Å². The van der Waals surface area contributed by atoms with Gasteiger partial charge in [-0.2, -0.15) is 0 Å². The first-order valence-electron chi connectivity index (χ1n) is 6.03. The van der Waals surface area contributed by atoms with Gasteiger partial charge in [-0.1, -0.05) is 11.6 Å². The van der Waals surface area contributed by atoms with E-state index in [1.165, 1.54) is 42.5 Å². The molecule has 116 valence electrons. The molecule has 0 atom stereocenters. The second-order valence-corrected chi connectivity index (χ2v) is 6.40. The molecular formula is C14H12ClNO5S. The Morgan fingerprint density at radius 2 is 1.82 bits per heavy atom. The number of anilines is 1. The number of nitrogens with one attached hydrogen (secondary N) is 1. The van der Waals surface area contributed by atoms with Crippen LogP contribution in [0.3, 0.4) is 0 Å². The number of phenolic OH excluding ortho intramolecular Hbond substituents is 1. The predicted molar refractivity (Wildman–Crippen MR) is 81.7 cm³/mol. The number of hydrogen-bond acceptors (Lipinski definition) is 5. The standard InChI is InChI=1S/C14H12ClNO5S/c1-21-14(18)12-8-10(4-7-13(12)17)16-22(19,20)11-5-2-9(15)3-6-11/h2-8,16-17H,1H3. The number of carbonyl (C=O) groups excluding carboxylic acids is 1. The van der Waals surface area contributed by atoms with E-state index in [4.69, 9.17) is 11.6 Å². The molecule has 0 heterocycles. The molecular weight excluding hydrogens is 330 g/mol. The summed E-state index contributed by atoms with van der Waals surface area (Å²) in [5, 5.41) is 10.0. The Bertz CT molecular complexity index is 802. The molecule has 2 rings (SSSR count). The summed E-state index contributed by atoms with van der Waals surface area (Å²) in [5.74, 6) is -1.08. The Kier molecular flexibility index (Phi) is 4.58. The van der Waals surface area contributed by atoms with Gasteiger partial charge in [0.25, 0.3) is 10.0 Å². The SMILES string of the molecule is COC(=O)c1cc(NS(=O)(=O)c2ccc(Cl)cc2)ccc1O. The summed E-state index contributed by atoms with van der Waals surface area (Å²) in [6, 6.07) is 9.33. The quantitative estimate of drug-likeness (QED) is 0.658. The third-order valence-electron chi connectivity index (χ3n) is 2.78. The Balaban J connectivity index is 2.34. The van der Waals surface area contributed by atoms with Crippen LogP contribution in [0, 0.1) is 0 Å². The number of methoxy groups -OCH3 is 1. The van der Waals surface area contributed by atoms with Gasteiger partial charge in [-0.3, -0.25) is 4.72 Å². The van der Waals surface area contributed by atoms with Crippen molar-refractivity contribution in [3.8, 4) is 5.75 Å². The average Bonchev–Trinajstić information content (AvgIpc) is 2.48. The van der Waals surface area contributed by atoms with Crippen molar-refractivity contribution in [1.82, 2.24) is 0 Å². The second kappa shape index (κ2) is 6.25. The first-order chi connectivity index (χ1) is 10.3. The van der Waals surface area contributed by atoms with Crippen LogP contribution in [-0.4, -0.2) is 26.6 Å². The minimum atomic E-state index is -3.83. The monoisotopic (exact) mass is 341 g/mol. The molecule has 0 aliphatic carbocycles. The van der Waals surface area contributed by atoms with Crippen LogP contribution in [0.2, 0.25) is 5.02 Å². The van der Waals surface area contributed by atoms with Crippen molar-refractivity contribution in [3.05, 3.63) is 53.1 Å². The van der Waals surface area contributed by atoms with Gasteiger partial charge in [-0.25, -0.2) is 13.2 Å². The molecule has 0 fully saturated rings. The number of aromatic hydroxyl groups is 1. The van der Waals surface area contributed by atoms with Crippen molar-refractivity contribution < 1.29 is 23.1 Å². The molecule has 0 bridgehead atoms. The maximum atomic E-state index is 12.2. The van der Waals surface area contributed by atoms with Crippen molar-refractivity contribution in [2.75, 3.05) is 11.8 Å². The molecule has 0 aliphatic rings. The number of phenols is 1. The van der Waals surface area contributed by atoms with Crippen LogP contribution in [0.25, 0.3) is 0 Å². The Morgan fingerprint density at radius 1 is 1.18 bits per heavy atom. The zero-order valence-electron chi connectivity index (χ0n) is 11.4. The van der Waals surface area contributed by atoms with Gasteiger partial charge in [0.2, 0.25) is 0 Å². The van der Waals surface area contributed by atoms with Crippen molar-refractivity contribution in [2.45, 2.75) is 4.90 Å². The van der Waals surface area contributed by atoms with Gasteiger partial charge in [0.15, 0.2) is 0 Å². The van der Waals surface area contributed by atoms with Gasteiger partial charge >= 0.3 is 5.97 Å². The van der Waals surface area contributed by atoms with Crippen LogP contribution >= 0.6 is 11.6 Å². The third kappa shape index (κ3) is 3.49. The number of sulfonamides is 1. The highest BCUT2D eigenvalue weighted by atomic mass is 35.5. The lowest BCUT2D eigenvalue weighted by atomic mass is 10.2. The first kappa shape index (κ1) is 16.1. The van der Waals surface area contributed by atoms with E-state index in [2.05, 4.69) is 9.46 Å². The van der Waals surface area contributed by atoms with Gasteiger partial charge in [-0.15, -0.1) is 0 Å². The molecule has 0 saturated carbocycles. The zero-order chi connectivity index (χ0) is 16.3. The summed E-state index contributed by atoms with van der Waals surface area (Å²) in [6.45, 7) is 0. The van der Waals surface area contributed by atoms with Crippen LogP contribution in [0.5, 0.6) is 5.75 Å². The van der Waals surface area contributed by atoms with Gasteiger partial charge in [0, 0.05) is 10.7 Å². The summed E-state index contributed by atoms with van der Waals surface area (Å²) < 4.78 is 31.3. The minimum absolute atomic E-state index is 0.0181. The molecule has 0 saturated heterocycles. The first-order valence-corrected chi connectivity index (χ1v) is 7.89. The lowest BCUT2D eigenvalue weighted by Gasteiger charge is -2.10. The molecule has 0 aromatic heterocycles. The maximum absolute atomic E-state index is 12.2. The van der Waals surface area contributed by atoms with Gasteiger partial charge in [0.05, 0.1) is 12.0 Å². The van der Waals surface area contributed by atoms with Crippen LogP contribution in [-0.2, 0) is 14.8 Å². The number of carbonyl (C=O) groups is 1. The largest absolute Gasteiger partial charge is 0.507 e. The van der Waals surface area contributed by atoms with Gasteiger partial charge in [-0.05, 0) is 42.5 Å². The number of rotatable bonds is 4. The van der Waals surface area contributed by atoms with E-state index < -0.39 is 16.0 Å². The minimum Gasteiger partial charge on any atom is -0.507 e. The van der Waals surface area contributed by atoms with E-state index in [1.54, 1.807) is 0 Å². The highest BCUT2D eigenvalue weighted by Crippen LogP contribution is 2.24. The zero-order valence-corrected chi connectivity index (χ0v) is 13.0. The summed E-state index contributed by atoms with van der Waals surface area (Å²) in [5.41, 5.74) is -0.0213. The molecule has 6 nitrogen and oxygen atoms in total. The van der Waals surface area contributed by atoms with Crippen molar-refractivity contribution >= 4 is 33.3 Å². The summed E-state index contributed by atoms with van der Waals surface area (Å²) in [4.78, 5) is 11.5. The van der Waals surface area contributed by atoms with E-state index in [0.29, 0.717) is 5.02 Å². The fourth-order valence-electron chi connectivity index (χ4n) is 1.70. The highest BCUT2D eigenvalue weighted by molar-refractivity contribution is 7.92. The molecule has 0 aliphatic heterocycles. The lowest BCUT2D eigenvalue weighted by molar-refractivity contribution is 0.0597. The fourth-order valence-corrected chi connectivity index (χ4v) is 2.88. The lowest BCUT2D eigenvalue weighted by Crippen LogP contribution is -2.13. The van der Waals surface area contributed by atoms with Crippen molar-refractivity contribution in [1.29, 1.82) is 0 Å². The summed E-state index contributed by atoms with van der Waals surface area (Å²) in [6.07, 6.45) is 0. The van der Waals surface area contributed by atoms with Crippen LogP contribution in [0.15, 0.2) is 47.4 Å². The predicted octanol–water partition coefficient (Wildman–Crippen LogP) is 2.63. The third-order valence-corrected chi connectivity index (χ3v) is 4.43. The molecule has 0 spiro atoms. The number of hydrogen-bond donors (Lipinski definition) is 2. The second-order valence-electron chi connectivity index (χ2n) is 4.28. The molecule has 0 unspecified atom stereocenters. The van der Waals surface area contributed by atoms with E-state index in [-0.39, 0.29) is 21.9 Å². The number of esters is 1. The van der Waals surface area contributed by atoms with Crippen molar-refractivity contribution in [2.24, 2.45) is 0 Å². The highest BCUT2D eigenvalue weighted by Gasteiger charge is 2.17. The van der Waals surface area contributed by atoms with Gasteiger partial charge in [0.1, 0.15) is 11.3 Å². The van der Waals surface area contributed by atoms with E-state index in [9.17, 15) is 18.3 Å². The van der Waals surface area contributed by atoms with Crippen LogP contribution in [0.1, 0.15) is 10.4 Å². The fraction of sp³-hybridized carbons (Fsp3) is 0.0714. The molecule has 2 aromatic carbocycles. The Morgan fingerprint density at radius 3 is 2.41 bits per heavy atom.